The first kappa shape index (κ1) is 12.0. The Morgan fingerprint density at radius 3 is 2.40 bits per heavy atom. The Morgan fingerprint density at radius 1 is 1.40 bits per heavy atom. The third-order valence-electron chi connectivity index (χ3n) is 2.97. The summed E-state index contributed by atoms with van der Waals surface area (Å²) >= 11 is 0. The van der Waals surface area contributed by atoms with Gasteiger partial charge < -0.3 is 15.7 Å². The van der Waals surface area contributed by atoms with Crippen LogP contribution in [0.1, 0.15) is 26.7 Å². The minimum atomic E-state index is -0.999. The summed E-state index contributed by atoms with van der Waals surface area (Å²) < 4.78 is 0. The highest BCUT2D eigenvalue weighted by atomic mass is 16.4. The summed E-state index contributed by atoms with van der Waals surface area (Å²) in [6.45, 7) is 4.99. The molecule has 0 aromatic rings. The molecule has 0 spiro atoms. The second-order valence-corrected chi connectivity index (χ2v) is 4.34. The number of piperidine rings is 1. The monoisotopic (exact) mass is 214 g/mol. The van der Waals surface area contributed by atoms with Crippen molar-refractivity contribution in [2.24, 2.45) is 5.41 Å². The van der Waals surface area contributed by atoms with E-state index in [0.717, 1.165) is 25.9 Å². The molecule has 0 aromatic carbocycles. The summed E-state index contributed by atoms with van der Waals surface area (Å²) in [7, 11) is 0. The molecular weight excluding hydrogens is 196 g/mol. The van der Waals surface area contributed by atoms with Crippen molar-refractivity contribution in [1.29, 1.82) is 0 Å². The summed E-state index contributed by atoms with van der Waals surface area (Å²) in [5.74, 6) is -1.15. The lowest BCUT2D eigenvalue weighted by Crippen LogP contribution is -2.49. The molecule has 0 bridgehead atoms. The van der Waals surface area contributed by atoms with Crippen LogP contribution in [0.2, 0.25) is 0 Å². The van der Waals surface area contributed by atoms with E-state index >= 15 is 0 Å². The van der Waals surface area contributed by atoms with Gasteiger partial charge >= 0.3 is 5.97 Å². The Bertz CT molecular complexity index is 259. The van der Waals surface area contributed by atoms with E-state index in [1.165, 1.54) is 6.92 Å². The highest BCUT2D eigenvalue weighted by Crippen LogP contribution is 2.27. The summed E-state index contributed by atoms with van der Waals surface area (Å²) in [5, 5.41) is 14.4. The smallest absolute Gasteiger partial charge is 0.325 e. The van der Waals surface area contributed by atoms with E-state index in [1.807, 2.05) is 6.92 Å². The van der Waals surface area contributed by atoms with Crippen LogP contribution in [0.5, 0.6) is 0 Å². The number of carboxylic acid groups (broad SMARTS) is 1. The third-order valence-corrected chi connectivity index (χ3v) is 2.97. The number of amides is 1. The summed E-state index contributed by atoms with van der Waals surface area (Å²) in [4.78, 5) is 22.4. The number of aliphatic carboxylic acids is 1. The van der Waals surface area contributed by atoms with Crippen molar-refractivity contribution in [2.75, 3.05) is 13.1 Å². The van der Waals surface area contributed by atoms with Crippen molar-refractivity contribution < 1.29 is 14.7 Å². The molecule has 3 N–H and O–H groups in total. The molecule has 0 aromatic heterocycles. The molecule has 0 radical (unpaired) electrons. The molecule has 1 fully saturated rings. The molecule has 1 atom stereocenters. The van der Waals surface area contributed by atoms with E-state index in [-0.39, 0.29) is 5.91 Å². The van der Waals surface area contributed by atoms with E-state index in [2.05, 4.69) is 10.6 Å². The maximum absolute atomic E-state index is 11.8. The van der Waals surface area contributed by atoms with Crippen LogP contribution in [0.25, 0.3) is 0 Å². The molecule has 1 amide bonds. The lowest BCUT2D eigenvalue weighted by atomic mass is 9.80. The molecule has 5 nitrogen and oxygen atoms in total. The van der Waals surface area contributed by atoms with Crippen molar-refractivity contribution in [3.8, 4) is 0 Å². The van der Waals surface area contributed by atoms with Crippen LogP contribution in [0.15, 0.2) is 0 Å². The zero-order valence-electron chi connectivity index (χ0n) is 9.17. The molecule has 0 aliphatic carbocycles. The highest BCUT2D eigenvalue weighted by Gasteiger charge is 2.35. The normalized spacial score (nSPS) is 21.7. The number of hydrogen-bond acceptors (Lipinski definition) is 3. The van der Waals surface area contributed by atoms with Gasteiger partial charge in [-0.05, 0) is 32.9 Å². The first-order valence-electron chi connectivity index (χ1n) is 5.20. The maximum Gasteiger partial charge on any atom is 0.325 e. The van der Waals surface area contributed by atoms with E-state index in [0.29, 0.717) is 0 Å². The Kier molecular flexibility index (Phi) is 3.68. The Balaban J connectivity index is 2.55. The van der Waals surface area contributed by atoms with Gasteiger partial charge in [0.2, 0.25) is 5.91 Å². The zero-order chi connectivity index (χ0) is 11.5. The fourth-order valence-electron chi connectivity index (χ4n) is 1.64. The van der Waals surface area contributed by atoms with Crippen LogP contribution in [-0.2, 0) is 9.59 Å². The minimum absolute atomic E-state index is 0.154. The summed E-state index contributed by atoms with van der Waals surface area (Å²) in [6.07, 6.45) is 1.51. The molecule has 1 rings (SSSR count). The van der Waals surface area contributed by atoms with Crippen LogP contribution in [0.3, 0.4) is 0 Å². The molecule has 1 heterocycles. The van der Waals surface area contributed by atoms with Gasteiger partial charge in [0.05, 0.1) is 0 Å². The number of rotatable bonds is 3. The van der Waals surface area contributed by atoms with Crippen molar-refractivity contribution >= 4 is 11.9 Å². The Labute approximate surface area is 89.2 Å². The molecular formula is C10H18N2O3. The van der Waals surface area contributed by atoms with E-state index < -0.39 is 17.4 Å². The molecule has 0 saturated carbocycles. The Hall–Kier alpha value is -1.10. The second-order valence-electron chi connectivity index (χ2n) is 4.34. The number of nitrogens with one attached hydrogen (secondary N) is 2. The first-order chi connectivity index (χ1) is 6.96. The standard InChI is InChI=1S/C10H18N2O3/c1-7(8(13)14)12-9(15)10(2)3-5-11-6-4-10/h7,11H,3-6H2,1-2H3,(H,12,15)(H,13,14). The van der Waals surface area contributed by atoms with Gasteiger partial charge in [0.1, 0.15) is 6.04 Å². The average molecular weight is 214 g/mol. The van der Waals surface area contributed by atoms with Gasteiger partial charge in [0, 0.05) is 5.41 Å². The van der Waals surface area contributed by atoms with Gasteiger partial charge in [-0.1, -0.05) is 6.92 Å². The van der Waals surface area contributed by atoms with Gasteiger partial charge in [-0.15, -0.1) is 0 Å². The summed E-state index contributed by atoms with van der Waals surface area (Å²) in [5.41, 5.74) is -0.422. The zero-order valence-corrected chi connectivity index (χ0v) is 9.17. The van der Waals surface area contributed by atoms with Crippen LogP contribution in [0, 0.1) is 5.41 Å². The molecule has 5 heteroatoms. The maximum atomic E-state index is 11.8. The number of carboxylic acids is 1. The lowest BCUT2D eigenvalue weighted by Gasteiger charge is -2.33. The third kappa shape index (κ3) is 2.92. The SMILES string of the molecule is CC(NC(=O)C1(C)CCNCC1)C(=O)O. The van der Waals surface area contributed by atoms with Gasteiger partial charge in [-0.3, -0.25) is 9.59 Å². The molecule has 1 aliphatic rings. The largest absolute Gasteiger partial charge is 0.480 e. The molecule has 1 unspecified atom stereocenters. The topological polar surface area (TPSA) is 78.4 Å². The van der Waals surface area contributed by atoms with Gasteiger partial charge in [0.15, 0.2) is 0 Å². The average Bonchev–Trinajstić information content (AvgIpc) is 2.18. The van der Waals surface area contributed by atoms with E-state index in [4.69, 9.17) is 5.11 Å². The fraction of sp³-hybridized carbons (Fsp3) is 0.800. The van der Waals surface area contributed by atoms with Crippen molar-refractivity contribution in [2.45, 2.75) is 32.7 Å². The number of hydrogen-bond donors (Lipinski definition) is 3. The predicted molar refractivity (Wildman–Crippen MR) is 55.5 cm³/mol. The Morgan fingerprint density at radius 2 is 1.93 bits per heavy atom. The van der Waals surface area contributed by atoms with Gasteiger partial charge in [-0.25, -0.2) is 0 Å². The van der Waals surface area contributed by atoms with Crippen LogP contribution < -0.4 is 10.6 Å². The lowest BCUT2D eigenvalue weighted by molar-refractivity contribution is -0.143. The van der Waals surface area contributed by atoms with Crippen molar-refractivity contribution in [3.05, 3.63) is 0 Å². The van der Waals surface area contributed by atoms with Crippen LogP contribution >= 0.6 is 0 Å². The van der Waals surface area contributed by atoms with Gasteiger partial charge in [0.25, 0.3) is 0 Å². The van der Waals surface area contributed by atoms with Crippen LogP contribution in [-0.4, -0.2) is 36.1 Å². The van der Waals surface area contributed by atoms with Crippen molar-refractivity contribution in [1.82, 2.24) is 10.6 Å². The minimum Gasteiger partial charge on any atom is -0.480 e. The number of carbonyl (C=O) groups excluding carboxylic acids is 1. The molecule has 86 valence electrons. The quantitative estimate of drug-likeness (QED) is 0.616. The second kappa shape index (κ2) is 4.61. The van der Waals surface area contributed by atoms with Crippen LogP contribution in [0.4, 0.5) is 0 Å². The first-order valence-corrected chi connectivity index (χ1v) is 5.20. The van der Waals surface area contributed by atoms with E-state index in [1.54, 1.807) is 0 Å². The van der Waals surface area contributed by atoms with Gasteiger partial charge in [-0.2, -0.15) is 0 Å². The predicted octanol–water partition coefficient (Wildman–Crippen LogP) is -0.0346. The molecule has 15 heavy (non-hydrogen) atoms. The molecule has 1 aliphatic heterocycles. The van der Waals surface area contributed by atoms with Crippen molar-refractivity contribution in [3.63, 3.8) is 0 Å². The fourth-order valence-corrected chi connectivity index (χ4v) is 1.64. The molecule has 1 saturated heterocycles. The van der Waals surface area contributed by atoms with E-state index in [9.17, 15) is 9.59 Å². The number of carbonyl (C=O) groups is 2. The highest BCUT2D eigenvalue weighted by molar-refractivity contribution is 5.87. The summed E-state index contributed by atoms with van der Waals surface area (Å²) in [6, 6.07) is -0.816.